The largest absolute Gasteiger partial charge is 0.487 e. The van der Waals surface area contributed by atoms with Crippen molar-refractivity contribution in [3.05, 3.63) is 33.9 Å². The van der Waals surface area contributed by atoms with Gasteiger partial charge in [-0.05, 0) is 36.8 Å². The van der Waals surface area contributed by atoms with Crippen LogP contribution in [0.3, 0.4) is 0 Å². The van der Waals surface area contributed by atoms with Crippen LogP contribution in [0.2, 0.25) is 0 Å². The third-order valence-electron chi connectivity index (χ3n) is 5.76. The van der Waals surface area contributed by atoms with Gasteiger partial charge >= 0.3 is 11.7 Å². The molecule has 2 aliphatic rings. The number of carbonyl (C=O) groups excluding carboxylic acids is 3. The Labute approximate surface area is 174 Å². The molecular weight excluding hydrogens is 390 g/mol. The zero-order valence-electron chi connectivity index (χ0n) is 16.9. The van der Waals surface area contributed by atoms with Crippen LogP contribution < -0.4 is 15.4 Å². The van der Waals surface area contributed by atoms with E-state index in [1.807, 2.05) is 10.6 Å². The second-order valence-corrected chi connectivity index (χ2v) is 7.97. The number of amides is 4. The number of ether oxygens (including phenoxy) is 1. The van der Waals surface area contributed by atoms with E-state index >= 15 is 0 Å². The molecule has 2 fully saturated rings. The zero-order valence-corrected chi connectivity index (χ0v) is 16.9. The highest BCUT2D eigenvalue weighted by molar-refractivity contribution is 6.16. The number of benzene rings is 1. The topological polar surface area (TPSA) is 128 Å². The third kappa shape index (κ3) is 5.77. The van der Waals surface area contributed by atoms with Crippen LogP contribution in [0.4, 0.5) is 10.5 Å². The second kappa shape index (κ2) is 10.2. The number of nitrogens with one attached hydrogen (secondary N) is 2. The summed E-state index contributed by atoms with van der Waals surface area (Å²) in [4.78, 5) is 45.8. The van der Waals surface area contributed by atoms with E-state index in [9.17, 15) is 24.5 Å². The van der Waals surface area contributed by atoms with Gasteiger partial charge in [-0.25, -0.2) is 4.79 Å². The van der Waals surface area contributed by atoms with Crippen molar-refractivity contribution in [1.29, 1.82) is 0 Å². The average Bonchev–Trinajstić information content (AvgIpc) is 2.71. The van der Waals surface area contributed by atoms with Crippen LogP contribution in [0.25, 0.3) is 0 Å². The van der Waals surface area contributed by atoms with Gasteiger partial charge in [-0.15, -0.1) is 0 Å². The Morgan fingerprint density at radius 2 is 1.73 bits per heavy atom. The van der Waals surface area contributed by atoms with Gasteiger partial charge in [-0.1, -0.05) is 44.6 Å². The lowest BCUT2D eigenvalue weighted by Crippen LogP contribution is -2.56. The van der Waals surface area contributed by atoms with Crippen molar-refractivity contribution in [3.63, 3.8) is 0 Å². The maximum Gasteiger partial charge on any atom is 0.328 e. The Morgan fingerprint density at radius 3 is 2.40 bits per heavy atom. The lowest BCUT2D eigenvalue weighted by Gasteiger charge is -2.21. The van der Waals surface area contributed by atoms with E-state index in [2.05, 4.69) is 0 Å². The van der Waals surface area contributed by atoms with Crippen molar-refractivity contribution in [3.8, 4) is 5.75 Å². The number of unbranched alkanes of at least 4 members (excludes halogenated alkanes) is 1. The molecule has 0 unspecified atom stereocenters. The monoisotopic (exact) mass is 417 g/mol. The number of rotatable bonds is 9. The number of urea groups is 1. The Hall–Kier alpha value is -2.97. The molecule has 30 heavy (non-hydrogen) atoms. The second-order valence-electron chi connectivity index (χ2n) is 7.97. The minimum atomic E-state index is -1.12. The minimum absolute atomic E-state index is 0.0482. The summed E-state index contributed by atoms with van der Waals surface area (Å²) in [5.41, 5.74) is 0.239. The molecule has 0 atom stereocenters. The van der Waals surface area contributed by atoms with Crippen LogP contribution in [0, 0.1) is 22.0 Å². The van der Waals surface area contributed by atoms with E-state index in [1.54, 1.807) is 6.07 Å². The van der Waals surface area contributed by atoms with Gasteiger partial charge in [-0.3, -0.25) is 30.3 Å². The van der Waals surface area contributed by atoms with E-state index < -0.39 is 28.7 Å². The number of imide groups is 2. The predicted molar refractivity (Wildman–Crippen MR) is 108 cm³/mol. The molecule has 0 spiro atoms. The lowest BCUT2D eigenvalue weighted by atomic mass is 9.86. The third-order valence-corrected chi connectivity index (χ3v) is 5.76. The summed E-state index contributed by atoms with van der Waals surface area (Å²) in [6.45, 7) is 0.405. The van der Waals surface area contributed by atoms with Gasteiger partial charge in [0.05, 0.1) is 11.5 Å². The van der Waals surface area contributed by atoms with Crippen molar-refractivity contribution < 1.29 is 24.0 Å². The summed E-state index contributed by atoms with van der Waals surface area (Å²) >= 11 is 0. The number of carbonyl (C=O) groups is 3. The van der Waals surface area contributed by atoms with Crippen LogP contribution >= 0.6 is 0 Å². The normalized spacial score (nSPS) is 18.1. The van der Waals surface area contributed by atoms with E-state index in [0.29, 0.717) is 12.2 Å². The van der Waals surface area contributed by atoms with E-state index in [0.717, 1.165) is 18.8 Å². The quantitative estimate of drug-likeness (QED) is 0.275. The van der Waals surface area contributed by atoms with Gasteiger partial charge in [0, 0.05) is 6.07 Å². The first-order valence-electron chi connectivity index (χ1n) is 10.5. The molecule has 0 aromatic heterocycles. The average molecular weight is 417 g/mol. The Bertz CT molecular complexity index is 799. The van der Waals surface area contributed by atoms with Gasteiger partial charge < -0.3 is 4.74 Å². The summed E-state index contributed by atoms with van der Waals surface area (Å²) in [5.74, 6) is -1.57. The first kappa shape index (κ1) is 21.7. The molecular formula is C21H27N3O6. The number of nitro benzene ring substituents is 1. The molecule has 1 heterocycles. The van der Waals surface area contributed by atoms with Gasteiger partial charge in [0.1, 0.15) is 5.92 Å². The molecule has 4 amide bonds. The number of hydrogen-bond acceptors (Lipinski definition) is 6. The highest BCUT2D eigenvalue weighted by Crippen LogP contribution is 2.30. The summed E-state index contributed by atoms with van der Waals surface area (Å²) in [6, 6.07) is 3.55. The highest BCUT2D eigenvalue weighted by atomic mass is 16.6. The van der Waals surface area contributed by atoms with Crippen LogP contribution in [-0.4, -0.2) is 29.4 Å². The molecule has 1 saturated heterocycles. The van der Waals surface area contributed by atoms with Gasteiger partial charge in [0.25, 0.3) is 0 Å². The van der Waals surface area contributed by atoms with Crippen LogP contribution in [0.1, 0.15) is 56.9 Å². The van der Waals surface area contributed by atoms with E-state index in [4.69, 9.17) is 4.74 Å². The Balaban J connectivity index is 1.54. The fourth-order valence-corrected chi connectivity index (χ4v) is 4.12. The number of hydrogen-bond donors (Lipinski definition) is 2. The molecule has 2 N–H and O–H groups in total. The number of nitro groups is 1. The first-order valence-corrected chi connectivity index (χ1v) is 10.5. The molecule has 1 aromatic rings. The minimum Gasteiger partial charge on any atom is -0.487 e. The SMILES string of the molecule is O=C1NC(=O)C(Cc2ccc(OCCCCC3CCCCC3)c([N+](=O)[O-])c2)C(=O)N1. The Morgan fingerprint density at radius 1 is 1.03 bits per heavy atom. The highest BCUT2D eigenvalue weighted by Gasteiger charge is 2.34. The first-order chi connectivity index (χ1) is 14.4. The summed E-state index contributed by atoms with van der Waals surface area (Å²) in [6.07, 6.45) is 9.60. The standard InChI is InChI=1S/C21H27N3O6/c25-19-16(20(26)23-21(27)22-19)12-15-9-10-18(17(13-15)24(28)29)30-11-5-4-8-14-6-2-1-3-7-14/h9-10,13-14,16H,1-8,11-12H2,(H2,22,23,25,26,27). The summed E-state index contributed by atoms with van der Waals surface area (Å²) in [5, 5.41) is 15.5. The van der Waals surface area contributed by atoms with Crippen molar-refractivity contribution in [2.75, 3.05) is 6.61 Å². The number of barbiturate groups is 1. The summed E-state index contributed by atoms with van der Waals surface area (Å²) < 4.78 is 5.64. The molecule has 1 aliphatic heterocycles. The zero-order chi connectivity index (χ0) is 21.5. The molecule has 1 aliphatic carbocycles. The van der Waals surface area contributed by atoms with Crippen molar-refractivity contribution in [1.82, 2.24) is 10.6 Å². The molecule has 9 nitrogen and oxygen atoms in total. The fourth-order valence-electron chi connectivity index (χ4n) is 4.12. The van der Waals surface area contributed by atoms with Crippen molar-refractivity contribution in [2.24, 2.45) is 11.8 Å². The summed E-state index contributed by atoms with van der Waals surface area (Å²) in [7, 11) is 0. The molecule has 0 bridgehead atoms. The lowest BCUT2D eigenvalue weighted by molar-refractivity contribution is -0.385. The van der Waals surface area contributed by atoms with Gasteiger partial charge in [0.2, 0.25) is 11.8 Å². The van der Waals surface area contributed by atoms with Crippen LogP contribution in [0.15, 0.2) is 18.2 Å². The molecule has 1 saturated carbocycles. The smallest absolute Gasteiger partial charge is 0.328 e. The number of nitrogens with zero attached hydrogens (tertiary/aromatic N) is 1. The molecule has 3 rings (SSSR count). The Kier molecular flexibility index (Phi) is 7.37. The van der Waals surface area contributed by atoms with Gasteiger partial charge in [0.15, 0.2) is 5.75 Å². The maximum atomic E-state index is 11.9. The van der Waals surface area contributed by atoms with E-state index in [-0.39, 0.29) is 17.9 Å². The predicted octanol–water partition coefficient (Wildman–Crippen LogP) is 3.25. The van der Waals surface area contributed by atoms with Crippen LogP contribution in [-0.2, 0) is 16.0 Å². The molecule has 9 heteroatoms. The maximum absolute atomic E-state index is 11.9. The van der Waals surface area contributed by atoms with Crippen molar-refractivity contribution in [2.45, 2.75) is 57.8 Å². The molecule has 0 radical (unpaired) electrons. The molecule has 162 valence electrons. The van der Waals surface area contributed by atoms with Crippen LogP contribution in [0.5, 0.6) is 5.75 Å². The van der Waals surface area contributed by atoms with E-state index in [1.165, 1.54) is 50.7 Å². The van der Waals surface area contributed by atoms with Crippen molar-refractivity contribution >= 4 is 23.5 Å². The van der Waals surface area contributed by atoms with Gasteiger partial charge in [-0.2, -0.15) is 0 Å². The molecule has 1 aromatic carbocycles. The fraction of sp³-hybridized carbons (Fsp3) is 0.571.